The fraction of sp³-hybridized carbons (Fsp3) is 0.625. The summed E-state index contributed by atoms with van der Waals surface area (Å²) < 4.78 is 34.1. The first kappa shape index (κ1) is 17.1. The monoisotopic (exact) mass is 315 g/mol. The zero-order valence-corrected chi connectivity index (χ0v) is 12.8. The van der Waals surface area contributed by atoms with E-state index in [9.17, 15) is 13.9 Å². The molecule has 0 spiro atoms. The van der Waals surface area contributed by atoms with Gasteiger partial charge in [0.05, 0.1) is 12.2 Å². The van der Waals surface area contributed by atoms with Crippen LogP contribution in [0.4, 0.5) is 8.78 Å². The lowest BCUT2D eigenvalue weighted by Crippen LogP contribution is -2.35. The molecular formula is C16H23F2NO3. The van der Waals surface area contributed by atoms with Crippen LogP contribution in [0.2, 0.25) is 0 Å². The van der Waals surface area contributed by atoms with Crippen molar-refractivity contribution in [2.45, 2.75) is 38.1 Å². The second kappa shape index (κ2) is 8.41. The van der Waals surface area contributed by atoms with Crippen LogP contribution in [-0.4, -0.2) is 49.5 Å². The van der Waals surface area contributed by atoms with Crippen molar-refractivity contribution >= 4 is 0 Å². The number of benzene rings is 1. The van der Waals surface area contributed by atoms with Gasteiger partial charge < -0.3 is 19.5 Å². The van der Waals surface area contributed by atoms with Crippen LogP contribution in [0.25, 0.3) is 0 Å². The molecular weight excluding hydrogens is 292 g/mol. The number of hydrogen-bond donors (Lipinski definition) is 1. The van der Waals surface area contributed by atoms with Crippen molar-refractivity contribution in [1.82, 2.24) is 4.90 Å². The second-order valence-corrected chi connectivity index (χ2v) is 5.67. The maximum absolute atomic E-state index is 12.1. The third kappa shape index (κ3) is 5.51. The summed E-state index contributed by atoms with van der Waals surface area (Å²) in [7, 11) is 1.94. The van der Waals surface area contributed by atoms with Crippen molar-refractivity contribution in [1.29, 1.82) is 0 Å². The van der Waals surface area contributed by atoms with E-state index >= 15 is 0 Å². The van der Waals surface area contributed by atoms with E-state index in [0.717, 1.165) is 26.0 Å². The van der Waals surface area contributed by atoms with E-state index in [1.54, 1.807) is 12.1 Å². The van der Waals surface area contributed by atoms with Gasteiger partial charge in [0.2, 0.25) is 0 Å². The molecule has 1 heterocycles. The third-order valence-electron chi connectivity index (χ3n) is 3.76. The molecule has 2 rings (SSSR count). The molecule has 2 unspecified atom stereocenters. The number of hydrogen-bond acceptors (Lipinski definition) is 4. The Morgan fingerprint density at radius 2 is 2.05 bits per heavy atom. The number of likely N-dealkylation sites (N-methyl/N-ethyl adjacent to an activating group) is 1. The van der Waals surface area contributed by atoms with Gasteiger partial charge in [0.1, 0.15) is 5.75 Å². The molecule has 0 saturated carbocycles. The minimum atomic E-state index is -2.84. The number of aliphatic hydroxyl groups excluding tert-OH is 1. The highest BCUT2D eigenvalue weighted by Crippen LogP contribution is 2.20. The van der Waals surface area contributed by atoms with Crippen LogP contribution in [-0.2, 0) is 4.74 Å². The number of halogens is 2. The third-order valence-corrected chi connectivity index (χ3v) is 3.76. The van der Waals surface area contributed by atoms with Crippen molar-refractivity contribution in [3.05, 3.63) is 29.8 Å². The van der Waals surface area contributed by atoms with Crippen LogP contribution >= 0.6 is 0 Å². The quantitative estimate of drug-likeness (QED) is 0.840. The maximum atomic E-state index is 12.1. The zero-order valence-electron chi connectivity index (χ0n) is 12.8. The zero-order chi connectivity index (χ0) is 15.9. The number of rotatable bonds is 7. The average molecular weight is 315 g/mol. The molecule has 1 aliphatic heterocycles. The molecule has 1 N–H and O–H groups in total. The molecule has 1 aliphatic rings. The smallest absolute Gasteiger partial charge is 0.387 e. The summed E-state index contributed by atoms with van der Waals surface area (Å²) in [6, 6.07) is 6.09. The van der Waals surface area contributed by atoms with E-state index in [2.05, 4.69) is 4.74 Å². The van der Waals surface area contributed by atoms with E-state index in [1.165, 1.54) is 18.6 Å². The highest BCUT2D eigenvalue weighted by atomic mass is 19.3. The number of aliphatic hydroxyl groups is 1. The molecule has 6 heteroatoms. The summed E-state index contributed by atoms with van der Waals surface area (Å²) in [6.07, 6.45) is 2.92. The predicted molar refractivity (Wildman–Crippen MR) is 79.1 cm³/mol. The first-order valence-electron chi connectivity index (χ1n) is 7.57. The number of alkyl halides is 2. The molecule has 1 aromatic rings. The minimum Gasteiger partial charge on any atom is -0.435 e. The molecule has 1 fully saturated rings. The van der Waals surface area contributed by atoms with Crippen LogP contribution in [0.3, 0.4) is 0 Å². The van der Waals surface area contributed by atoms with Gasteiger partial charge in [-0.3, -0.25) is 0 Å². The molecule has 2 atom stereocenters. The van der Waals surface area contributed by atoms with Crippen molar-refractivity contribution in [3.63, 3.8) is 0 Å². The van der Waals surface area contributed by atoms with Crippen LogP contribution in [0.1, 0.15) is 30.9 Å². The normalized spacial score (nSPS) is 20.4. The van der Waals surface area contributed by atoms with Crippen LogP contribution in [0.5, 0.6) is 5.75 Å². The fourth-order valence-corrected chi connectivity index (χ4v) is 2.65. The van der Waals surface area contributed by atoms with E-state index in [1.807, 2.05) is 11.9 Å². The van der Waals surface area contributed by atoms with Gasteiger partial charge in [-0.15, -0.1) is 0 Å². The topological polar surface area (TPSA) is 41.9 Å². The van der Waals surface area contributed by atoms with E-state index in [0.29, 0.717) is 12.1 Å². The summed E-state index contributed by atoms with van der Waals surface area (Å²) in [5, 5.41) is 10.2. The van der Waals surface area contributed by atoms with Crippen LogP contribution < -0.4 is 4.74 Å². The summed E-state index contributed by atoms with van der Waals surface area (Å²) in [6.45, 7) is -0.775. The summed E-state index contributed by atoms with van der Waals surface area (Å²) in [5.41, 5.74) is 0.679. The first-order valence-corrected chi connectivity index (χ1v) is 7.57. The average Bonchev–Trinajstić information content (AvgIpc) is 2.48. The predicted octanol–water partition coefficient (Wildman–Crippen LogP) is 2.82. The summed E-state index contributed by atoms with van der Waals surface area (Å²) >= 11 is 0. The number of nitrogens with zero attached hydrogens (tertiary/aromatic N) is 1. The maximum Gasteiger partial charge on any atom is 0.387 e. The summed E-state index contributed by atoms with van der Waals surface area (Å²) in [4.78, 5) is 2.03. The Hall–Kier alpha value is -1.24. The Labute approximate surface area is 129 Å². The van der Waals surface area contributed by atoms with Gasteiger partial charge in [0.25, 0.3) is 0 Å². The van der Waals surface area contributed by atoms with Crippen LogP contribution in [0.15, 0.2) is 24.3 Å². The first-order chi connectivity index (χ1) is 10.5. The van der Waals surface area contributed by atoms with Crippen molar-refractivity contribution in [2.75, 3.05) is 26.7 Å². The van der Waals surface area contributed by atoms with Gasteiger partial charge in [0, 0.05) is 19.7 Å². The minimum absolute atomic E-state index is 0.0925. The lowest BCUT2D eigenvalue weighted by Gasteiger charge is -2.28. The standard InChI is InChI=1S/C16H23F2NO3/c1-19(10-14-4-2-3-9-21-14)11-15(20)12-5-7-13(8-6-12)22-16(17)18/h5-8,14-16,20H,2-4,9-11H2,1H3. The SMILES string of the molecule is CN(CC1CCCCO1)CC(O)c1ccc(OC(F)F)cc1. The molecule has 1 aromatic carbocycles. The molecule has 0 aromatic heterocycles. The van der Waals surface area contributed by atoms with E-state index in [4.69, 9.17) is 4.74 Å². The Morgan fingerprint density at radius 3 is 2.64 bits per heavy atom. The second-order valence-electron chi connectivity index (χ2n) is 5.67. The van der Waals surface area contributed by atoms with Gasteiger partial charge >= 0.3 is 6.61 Å². The molecule has 0 bridgehead atoms. The van der Waals surface area contributed by atoms with E-state index < -0.39 is 12.7 Å². The van der Waals surface area contributed by atoms with Gasteiger partial charge in [0.15, 0.2) is 0 Å². The largest absolute Gasteiger partial charge is 0.435 e. The molecule has 0 aliphatic carbocycles. The molecule has 1 saturated heterocycles. The lowest BCUT2D eigenvalue weighted by atomic mass is 10.1. The Kier molecular flexibility index (Phi) is 6.54. The lowest BCUT2D eigenvalue weighted by molar-refractivity contribution is -0.0498. The van der Waals surface area contributed by atoms with Crippen LogP contribution in [0, 0.1) is 0 Å². The molecule has 22 heavy (non-hydrogen) atoms. The Balaban J connectivity index is 1.81. The fourth-order valence-electron chi connectivity index (χ4n) is 2.65. The van der Waals surface area contributed by atoms with Gasteiger partial charge in [-0.1, -0.05) is 12.1 Å². The highest BCUT2D eigenvalue weighted by Gasteiger charge is 2.18. The summed E-state index contributed by atoms with van der Waals surface area (Å²) in [5.74, 6) is 0.0925. The van der Waals surface area contributed by atoms with Gasteiger partial charge in [-0.05, 0) is 44.0 Å². The van der Waals surface area contributed by atoms with Crippen molar-refractivity contribution in [3.8, 4) is 5.75 Å². The van der Waals surface area contributed by atoms with Crippen molar-refractivity contribution in [2.24, 2.45) is 0 Å². The van der Waals surface area contributed by atoms with Crippen molar-refractivity contribution < 1.29 is 23.4 Å². The molecule has 0 radical (unpaired) electrons. The van der Waals surface area contributed by atoms with Gasteiger partial charge in [-0.2, -0.15) is 8.78 Å². The molecule has 124 valence electrons. The van der Waals surface area contributed by atoms with E-state index in [-0.39, 0.29) is 11.9 Å². The number of ether oxygens (including phenoxy) is 2. The molecule has 0 amide bonds. The Morgan fingerprint density at radius 1 is 1.32 bits per heavy atom. The Bertz CT molecular complexity index is 436. The molecule has 4 nitrogen and oxygen atoms in total. The van der Waals surface area contributed by atoms with Gasteiger partial charge in [-0.25, -0.2) is 0 Å². The highest BCUT2D eigenvalue weighted by molar-refractivity contribution is 5.28.